The average Bonchev–Trinajstić information content (AvgIpc) is 2.28. The highest BCUT2D eigenvalue weighted by molar-refractivity contribution is 6.55. The van der Waals surface area contributed by atoms with Gasteiger partial charge in [-0.3, -0.25) is 4.79 Å². The quantitative estimate of drug-likeness (QED) is 0.597. The first-order chi connectivity index (χ1) is 8.05. The van der Waals surface area contributed by atoms with Crippen molar-refractivity contribution in [3.63, 3.8) is 0 Å². The molecule has 102 valence electrons. The van der Waals surface area contributed by atoms with Gasteiger partial charge in [0.05, 0.1) is 5.92 Å². The lowest BCUT2D eigenvalue weighted by molar-refractivity contribution is -0.148. The molecule has 1 unspecified atom stereocenters. The fraction of sp³-hybridized carbons (Fsp3) is 0.909. The van der Waals surface area contributed by atoms with E-state index >= 15 is 0 Å². The van der Waals surface area contributed by atoms with Crippen LogP contribution in [0.4, 0.5) is 0 Å². The summed E-state index contributed by atoms with van der Waals surface area (Å²) in [6.07, 6.45) is 0.716. The first-order valence-electron chi connectivity index (χ1n) is 6.19. The van der Waals surface area contributed by atoms with Gasteiger partial charge in [0.15, 0.2) is 0 Å². The van der Waals surface area contributed by atoms with Gasteiger partial charge in [-0.25, -0.2) is 0 Å². The van der Waals surface area contributed by atoms with E-state index in [9.17, 15) is 4.79 Å². The monoisotopic (exact) mass is 264 g/mol. The Hall–Kier alpha value is -0.433. The van der Waals surface area contributed by atoms with E-state index in [0.29, 0.717) is 26.2 Å². The molecule has 0 aliphatic heterocycles. The van der Waals surface area contributed by atoms with Crippen LogP contribution in [0.5, 0.6) is 0 Å². The van der Waals surface area contributed by atoms with Crippen molar-refractivity contribution in [1.82, 2.24) is 0 Å². The van der Waals surface area contributed by atoms with Gasteiger partial charge in [0, 0.05) is 19.8 Å². The first-order valence-corrected chi connectivity index (χ1v) is 7.83. The molecule has 0 aromatic rings. The Morgan fingerprint density at radius 1 is 1.00 bits per heavy atom. The molecule has 0 N–H and O–H groups in total. The average molecular weight is 264 g/mol. The van der Waals surface area contributed by atoms with Gasteiger partial charge in [-0.05, 0) is 27.2 Å². The van der Waals surface area contributed by atoms with E-state index in [-0.39, 0.29) is 11.9 Å². The molecule has 0 amide bonds. The summed E-state index contributed by atoms with van der Waals surface area (Å²) in [4.78, 5) is 11.8. The van der Waals surface area contributed by atoms with Crippen LogP contribution in [0.2, 0.25) is 0 Å². The minimum absolute atomic E-state index is 0.178. The zero-order valence-corrected chi connectivity index (χ0v) is 12.4. The normalized spacial score (nSPS) is 13.5. The molecule has 0 radical (unpaired) electrons. The maximum atomic E-state index is 11.8. The standard InChI is InChI=1S/C11H24O5Si/c1-6-10(5)11(12)16-17(13-7-2,14-8-3)15-9-4/h10H,6-9H2,1-5H3. The highest BCUT2D eigenvalue weighted by Crippen LogP contribution is 2.15. The number of hydrogen-bond acceptors (Lipinski definition) is 5. The van der Waals surface area contributed by atoms with E-state index in [4.69, 9.17) is 17.7 Å². The van der Waals surface area contributed by atoms with E-state index < -0.39 is 9.05 Å². The lowest BCUT2D eigenvalue weighted by Crippen LogP contribution is -2.51. The Kier molecular flexibility index (Phi) is 8.41. The van der Waals surface area contributed by atoms with Crippen LogP contribution in [-0.2, 0) is 22.5 Å². The molecule has 0 aromatic heterocycles. The second-order valence-corrected chi connectivity index (χ2v) is 5.60. The van der Waals surface area contributed by atoms with Gasteiger partial charge in [0.2, 0.25) is 0 Å². The van der Waals surface area contributed by atoms with Crippen molar-refractivity contribution in [1.29, 1.82) is 0 Å². The summed E-state index contributed by atoms with van der Waals surface area (Å²) < 4.78 is 21.6. The molecule has 0 saturated heterocycles. The second kappa shape index (κ2) is 8.63. The SMILES string of the molecule is CCO[Si](OCC)(OCC)OC(=O)C(C)CC. The van der Waals surface area contributed by atoms with Gasteiger partial charge in [0.25, 0.3) is 5.97 Å². The summed E-state index contributed by atoms with van der Waals surface area (Å²) in [6, 6.07) is 0. The highest BCUT2D eigenvalue weighted by atomic mass is 28.4. The largest absolute Gasteiger partial charge is 0.751 e. The Morgan fingerprint density at radius 2 is 1.41 bits per heavy atom. The topological polar surface area (TPSA) is 54.0 Å². The predicted molar refractivity (Wildman–Crippen MR) is 66.2 cm³/mol. The molecule has 17 heavy (non-hydrogen) atoms. The molecule has 0 aliphatic rings. The van der Waals surface area contributed by atoms with E-state index in [1.165, 1.54) is 0 Å². The third kappa shape index (κ3) is 5.63. The minimum atomic E-state index is -3.29. The number of carbonyl (C=O) groups is 1. The summed E-state index contributed by atoms with van der Waals surface area (Å²) in [5, 5.41) is 0. The molecule has 1 atom stereocenters. The molecule has 0 aliphatic carbocycles. The van der Waals surface area contributed by atoms with Crippen LogP contribution < -0.4 is 0 Å². The minimum Gasteiger partial charge on any atom is -0.452 e. The number of carbonyl (C=O) groups excluding carboxylic acids is 1. The highest BCUT2D eigenvalue weighted by Gasteiger charge is 2.49. The maximum Gasteiger partial charge on any atom is 0.751 e. The lowest BCUT2D eigenvalue weighted by Gasteiger charge is -2.27. The van der Waals surface area contributed by atoms with Gasteiger partial charge in [-0.2, -0.15) is 0 Å². The van der Waals surface area contributed by atoms with Crippen LogP contribution in [-0.4, -0.2) is 34.8 Å². The molecule has 6 heteroatoms. The molecule has 0 bridgehead atoms. The zero-order chi connectivity index (χ0) is 13.3. The summed E-state index contributed by atoms with van der Waals surface area (Å²) in [5.41, 5.74) is 0. The van der Waals surface area contributed by atoms with Crippen molar-refractivity contribution < 1.29 is 22.5 Å². The molecule has 5 nitrogen and oxygen atoms in total. The Morgan fingerprint density at radius 3 is 1.71 bits per heavy atom. The van der Waals surface area contributed by atoms with Gasteiger partial charge in [-0.15, -0.1) is 0 Å². The number of hydrogen-bond donors (Lipinski definition) is 0. The van der Waals surface area contributed by atoms with E-state index in [1.54, 1.807) is 0 Å². The Labute approximate surface area is 105 Å². The molecular weight excluding hydrogens is 240 g/mol. The van der Waals surface area contributed by atoms with Crippen molar-refractivity contribution in [2.24, 2.45) is 5.92 Å². The van der Waals surface area contributed by atoms with Gasteiger partial charge >= 0.3 is 9.05 Å². The Bertz CT molecular complexity index is 205. The van der Waals surface area contributed by atoms with E-state index in [1.807, 2.05) is 34.6 Å². The van der Waals surface area contributed by atoms with Gasteiger partial charge < -0.3 is 17.7 Å². The van der Waals surface area contributed by atoms with Crippen molar-refractivity contribution in [3.8, 4) is 0 Å². The molecule has 0 rings (SSSR count). The van der Waals surface area contributed by atoms with Crippen LogP contribution in [0.3, 0.4) is 0 Å². The van der Waals surface area contributed by atoms with Gasteiger partial charge in [-0.1, -0.05) is 13.8 Å². The summed E-state index contributed by atoms with van der Waals surface area (Å²) in [5.74, 6) is -0.502. The summed E-state index contributed by atoms with van der Waals surface area (Å²) >= 11 is 0. The molecular formula is C11H24O5Si. The van der Waals surface area contributed by atoms with Crippen molar-refractivity contribution in [3.05, 3.63) is 0 Å². The molecule has 0 heterocycles. The van der Waals surface area contributed by atoms with Crippen molar-refractivity contribution in [2.75, 3.05) is 19.8 Å². The lowest BCUT2D eigenvalue weighted by atomic mass is 10.1. The van der Waals surface area contributed by atoms with Crippen molar-refractivity contribution >= 4 is 15.0 Å². The molecule has 0 fully saturated rings. The van der Waals surface area contributed by atoms with Gasteiger partial charge in [0.1, 0.15) is 0 Å². The van der Waals surface area contributed by atoms with Crippen LogP contribution >= 0.6 is 0 Å². The summed E-state index contributed by atoms with van der Waals surface area (Å²) in [6.45, 7) is 10.4. The van der Waals surface area contributed by atoms with E-state index in [2.05, 4.69) is 0 Å². The van der Waals surface area contributed by atoms with Crippen LogP contribution in [0.15, 0.2) is 0 Å². The fourth-order valence-corrected chi connectivity index (χ4v) is 3.07. The van der Waals surface area contributed by atoms with Crippen LogP contribution in [0, 0.1) is 5.92 Å². The second-order valence-electron chi connectivity index (χ2n) is 3.53. The van der Waals surface area contributed by atoms with Crippen molar-refractivity contribution in [2.45, 2.75) is 41.0 Å². The Balaban J connectivity index is 4.69. The van der Waals surface area contributed by atoms with E-state index in [0.717, 1.165) is 0 Å². The smallest absolute Gasteiger partial charge is 0.452 e. The third-order valence-electron chi connectivity index (χ3n) is 2.20. The zero-order valence-electron chi connectivity index (χ0n) is 11.4. The number of rotatable bonds is 9. The first kappa shape index (κ1) is 16.6. The van der Waals surface area contributed by atoms with Crippen LogP contribution in [0.25, 0.3) is 0 Å². The molecule has 0 spiro atoms. The fourth-order valence-electron chi connectivity index (χ4n) is 1.13. The van der Waals surface area contributed by atoms with Crippen LogP contribution in [0.1, 0.15) is 41.0 Å². The molecule has 0 saturated carbocycles. The summed E-state index contributed by atoms with van der Waals surface area (Å²) in [7, 11) is -3.29. The third-order valence-corrected chi connectivity index (χ3v) is 4.58. The predicted octanol–water partition coefficient (Wildman–Crippen LogP) is 2.12. The maximum absolute atomic E-state index is 11.8. The molecule has 0 aromatic carbocycles.